The summed E-state index contributed by atoms with van der Waals surface area (Å²) in [5.74, 6) is -0.511. The summed E-state index contributed by atoms with van der Waals surface area (Å²) in [4.78, 5) is 23.2. The second-order valence-corrected chi connectivity index (χ2v) is 18.0. The van der Waals surface area contributed by atoms with Crippen LogP contribution in [0.3, 0.4) is 0 Å². The lowest BCUT2D eigenvalue weighted by molar-refractivity contribution is -0.220. The Morgan fingerprint density at radius 3 is 1.29 bits per heavy atom. The molecular formula is C53H87O12P. The van der Waals surface area contributed by atoms with Gasteiger partial charge in [0.2, 0.25) is 0 Å². The van der Waals surface area contributed by atoms with Gasteiger partial charge >= 0.3 is 13.8 Å². The summed E-state index contributed by atoms with van der Waals surface area (Å²) in [5.41, 5.74) is 0. The zero-order valence-corrected chi connectivity index (χ0v) is 41.1. The Morgan fingerprint density at radius 1 is 0.485 bits per heavy atom. The van der Waals surface area contributed by atoms with E-state index < -0.39 is 63.1 Å². The topological polar surface area (TPSA) is 192 Å². The van der Waals surface area contributed by atoms with Crippen LogP contribution in [-0.2, 0) is 27.9 Å². The summed E-state index contributed by atoms with van der Waals surface area (Å²) in [6.07, 6.45) is 47.2. The predicted molar refractivity (Wildman–Crippen MR) is 267 cm³/mol. The zero-order valence-electron chi connectivity index (χ0n) is 40.2. The molecule has 0 aromatic heterocycles. The van der Waals surface area contributed by atoms with Crippen LogP contribution >= 0.6 is 7.82 Å². The monoisotopic (exact) mass is 947 g/mol. The maximum absolute atomic E-state index is 12.8. The van der Waals surface area contributed by atoms with Gasteiger partial charge in [0.25, 0.3) is 0 Å². The fraction of sp³-hybridized carbons (Fsp3) is 0.642. The van der Waals surface area contributed by atoms with Crippen molar-refractivity contribution in [3.8, 4) is 0 Å². The van der Waals surface area contributed by atoms with E-state index in [1.807, 2.05) is 0 Å². The van der Waals surface area contributed by atoms with Gasteiger partial charge in [0.15, 0.2) is 0 Å². The summed E-state index contributed by atoms with van der Waals surface area (Å²) in [6, 6.07) is 0. The lowest BCUT2D eigenvalue weighted by Crippen LogP contribution is -2.64. The third-order valence-corrected chi connectivity index (χ3v) is 11.6. The van der Waals surface area contributed by atoms with E-state index in [9.17, 15) is 39.8 Å². The number of phosphoric ester groups is 1. The lowest BCUT2D eigenvalue weighted by atomic mass is 9.85. The lowest BCUT2D eigenvalue weighted by Gasteiger charge is -2.41. The van der Waals surface area contributed by atoms with Gasteiger partial charge in [-0.3, -0.25) is 13.8 Å². The first-order chi connectivity index (χ1) is 32.0. The van der Waals surface area contributed by atoms with E-state index in [0.29, 0.717) is 13.0 Å². The van der Waals surface area contributed by atoms with Gasteiger partial charge in [-0.25, -0.2) is 4.57 Å². The number of aliphatic hydroxyl groups is 5. The minimum absolute atomic E-state index is 0.105. The summed E-state index contributed by atoms with van der Waals surface area (Å²) in [7, 11) is -5.04. The minimum Gasteiger partial charge on any atom is -0.457 e. The second kappa shape index (κ2) is 42.1. The van der Waals surface area contributed by atoms with E-state index in [-0.39, 0.29) is 13.0 Å². The van der Waals surface area contributed by atoms with Gasteiger partial charge in [0, 0.05) is 13.0 Å². The molecular weight excluding hydrogens is 860 g/mol. The molecule has 0 radical (unpaired) electrons. The molecule has 0 spiro atoms. The van der Waals surface area contributed by atoms with Crippen LogP contribution in [-0.4, -0.2) is 98.9 Å². The smallest absolute Gasteiger partial charge is 0.457 e. The van der Waals surface area contributed by atoms with Gasteiger partial charge in [-0.05, 0) is 96.3 Å². The number of unbranched alkanes of at least 4 members (excludes halogenated alkanes) is 10. The maximum Gasteiger partial charge on any atom is 0.472 e. The highest BCUT2D eigenvalue weighted by Gasteiger charge is 2.51. The van der Waals surface area contributed by atoms with Gasteiger partial charge in [-0.15, -0.1) is 0 Å². The maximum atomic E-state index is 12.8. The standard InChI is InChI=1S/C53H87O12P/c1-3-5-7-9-11-13-15-17-19-21-22-23-24-25-27-29-31-33-35-37-39-41-43-62-44-46(45-63-66(60,61)65-53-51(58)49(56)48(55)50(57)52(53)59)64-47(54)42-40-38-36-34-32-30-28-26-20-18-16-14-12-10-8-6-4-2/h5-8,11-14,17-20,22-23,25,27-28,30,46,48-53,55-59H,3-4,9-10,15-16,21,24,26,29,31-45H2,1-2H3,(H,60,61)/b7-5-,8-6-,13-11-,14-12-,19-17-,20-18-,23-22-,27-25-,30-28-. The van der Waals surface area contributed by atoms with Crippen molar-refractivity contribution >= 4 is 13.8 Å². The van der Waals surface area contributed by atoms with Crippen LogP contribution in [0.2, 0.25) is 0 Å². The van der Waals surface area contributed by atoms with Crippen molar-refractivity contribution in [3.05, 3.63) is 109 Å². The van der Waals surface area contributed by atoms with E-state index in [0.717, 1.165) is 128 Å². The molecule has 0 heterocycles. The number of hydrogen-bond acceptors (Lipinski definition) is 11. The number of phosphoric acid groups is 1. The Labute approximate surface area is 397 Å². The zero-order chi connectivity index (χ0) is 48.4. The van der Waals surface area contributed by atoms with E-state index in [2.05, 4.69) is 123 Å². The average molecular weight is 947 g/mol. The van der Waals surface area contributed by atoms with Crippen LogP contribution in [0.25, 0.3) is 0 Å². The summed E-state index contributed by atoms with van der Waals surface area (Å²) in [6.45, 7) is 3.95. The molecule has 12 nitrogen and oxygen atoms in total. The minimum atomic E-state index is -5.04. The van der Waals surface area contributed by atoms with Gasteiger partial charge in [0.1, 0.15) is 42.7 Å². The molecule has 1 aliphatic carbocycles. The molecule has 6 unspecified atom stereocenters. The van der Waals surface area contributed by atoms with E-state index in [4.69, 9.17) is 18.5 Å². The third kappa shape index (κ3) is 33.5. The van der Waals surface area contributed by atoms with Crippen molar-refractivity contribution in [1.82, 2.24) is 0 Å². The molecule has 0 aromatic rings. The molecule has 1 saturated carbocycles. The van der Waals surface area contributed by atoms with Crippen LogP contribution in [0.5, 0.6) is 0 Å². The van der Waals surface area contributed by atoms with Crippen molar-refractivity contribution in [1.29, 1.82) is 0 Å². The normalized spacial score (nSPS) is 22.4. The summed E-state index contributed by atoms with van der Waals surface area (Å²) >= 11 is 0. The number of aliphatic hydroxyl groups excluding tert-OH is 5. The molecule has 0 amide bonds. The number of ether oxygens (including phenoxy) is 2. The van der Waals surface area contributed by atoms with Crippen LogP contribution in [0, 0.1) is 0 Å². The first-order valence-corrected chi connectivity index (χ1v) is 26.2. The number of hydrogen-bond donors (Lipinski definition) is 6. The highest BCUT2D eigenvalue weighted by atomic mass is 31.2. The van der Waals surface area contributed by atoms with Crippen LogP contribution < -0.4 is 0 Å². The van der Waals surface area contributed by atoms with Crippen LogP contribution in [0.15, 0.2) is 109 Å². The van der Waals surface area contributed by atoms with Gasteiger partial charge in [-0.2, -0.15) is 0 Å². The van der Waals surface area contributed by atoms with Crippen LogP contribution in [0.4, 0.5) is 0 Å². The van der Waals surface area contributed by atoms with Crippen molar-refractivity contribution in [2.24, 2.45) is 0 Å². The van der Waals surface area contributed by atoms with Gasteiger partial charge in [0.05, 0.1) is 13.2 Å². The molecule has 1 aliphatic rings. The first-order valence-electron chi connectivity index (χ1n) is 24.7. The molecule has 376 valence electrons. The number of esters is 1. The Kier molecular flexibility index (Phi) is 38.9. The number of carbonyl (C=O) groups is 1. The summed E-state index contributed by atoms with van der Waals surface area (Å²) in [5, 5.41) is 50.3. The van der Waals surface area contributed by atoms with Crippen molar-refractivity contribution in [3.63, 3.8) is 0 Å². The Morgan fingerprint density at radius 2 is 0.848 bits per heavy atom. The number of carbonyl (C=O) groups excluding carboxylic acids is 1. The first kappa shape index (κ1) is 61.0. The molecule has 6 atom stereocenters. The SMILES string of the molecule is CC/C=C\C/C=C\C/C=C\C/C=C\C/C=C\CCCCCCCCOCC(COP(=O)(O)OC1C(O)C(O)C(O)C(O)C1O)OC(=O)CCCCCC/C=C\C/C=C\C/C=C\C/C=C\CC. The molecule has 1 fully saturated rings. The predicted octanol–water partition coefficient (Wildman–Crippen LogP) is 10.9. The second-order valence-electron chi connectivity index (χ2n) is 16.5. The molecule has 66 heavy (non-hydrogen) atoms. The third-order valence-electron chi connectivity index (χ3n) is 10.6. The highest BCUT2D eigenvalue weighted by molar-refractivity contribution is 7.47. The molecule has 0 aromatic carbocycles. The fourth-order valence-electron chi connectivity index (χ4n) is 6.78. The van der Waals surface area contributed by atoms with Crippen molar-refractivity contribution < 1.29 is 58.3 Å². The van der Waals surface area contributed by atoms with Crippen molar-refractivity contribution in [2.75, 3.05) is 19.8 Å². The van der Waals surface area contributed by atoms with E-state index in [1.54, 1.807) is 0 Å². The quantitative estimate of drug-likeness (QED) is 0.0148. The fourth-order valence-corrected chi connectivity index (χ4v) is 7.76. The Bertz CT molecular complexity index is 1500. The molecule has 0 saturated heterocycles. The largest absolute Gasteiger partial charge is 0.472 e. The Balaban J connectivity index is 2.40. The molecule has 13 heteroatoms. The number of rotatable bonds is 40. The van der Waals surface area contributed by atoms with E-state index in [1.165, 1.54) is 0 Å². The molecule has 1 rings (SSSR count). The van der Waals surface area contributed by atoms with Gasteiger partial charge in [-0.1, -0.05) is 162 Å². The Hall–Kier alpha value is -3.00. The molecule has 0 bridgehead atoms. The number of allylic oxidation sites excluding steroid dienone is 18. The van der Waals surface area contributed by atoms with E-state index >= 15 is 0 Å². The average Bonchev–Trinajstić information content (AvgIpc) is 3.30. The van der Waals surface area contributed by atoms with Crippen LogP contribution in [0.1, 0.15) is 155 Å². The van der Waals surface area contributed by atoms with Gasteiger partial charge < -0.3 is 39.9 Å². The molecule has 6 N–H and O–H groups in total. The molecule has 0 aliphatic heterocycles. The summed E-state index contributed by atoms with van der Waals surface area (Å²) < 4.78 is 34.2. The highest BCUT2D eigenvalue weighted by Crippen LogP contribution is 2.47. The van der Waals surface area contributed by atoms with Crippen molar-refractivity contribution in [2.45, 2.75) is 198 Å².